The number of hydrogen-bond acceptors (Lipinski definition) is 3. The van der Waals surface area contributed by atoms with E-state index >= 15 is 0 Å². The molecule has 1 N–H and O–H groups in total. The van der Waals surface area contributed by atoms with Crippen LogP contribution in [0.5, 0.6) is 17.2 Å². The van der Waals surface area contributed by atoms with Gasteiger partial charge in [-0.05, 0) is 19.9 Å². The van der Waals surface area contributed by atoms with Crippen LogP contribution >= 0.6 is 0 Å². The smallest absolute Gasteiger partial charge is 0.165 e. The van der Waals surface area contributed by atoms with Gasteiger partial charge < -0.3 is 14.6 Å². The van der Waals surface area contributed by atoms with Crippen molar-refractivity contribution in [1.29, 1.82) is 0 Å². The Morgan fingerprint density at radius 1 is 1.20 bits per heavy atom. The lowest BCUT2D eigenvalue weighted by atomic mass is 10.0. The second-order valence-corrected chi connectivity index (χ2v) is 4.46. The molecule has 2 heterocycles. The van der Waals surface area contributed by atoms with Gasteiger partial charge in [-0.15, -0.1) is 0 Å². The van der Waals surface area contributed by atoms with Crippen LogP contribution in [0.3, 0.4) is 0 Å². The molecule has 80 valence electrons. The topological polar surface area (TPSA) is 38.7 Å². The number of fused-ring (bicyclic) bond motifs is 2. The van der Waals surface area contributed by atoms with E-state index in [1.54, 1.807) is 0 Å². The summed E-state index contributed by atoms with van der Waals surface area (Å²) >= 11 is 0. The third-order valence-corrected chi connectivity index (χ3v) is 3.04. The summed E-state index contributed by atoms with van der Waals surface area (Å²) in [7, 11) is 0. The highest BCUT2D eigenvalue weighted by atomic mass is 16.5. The lowest BCUT2D eigenvalue weighted by Crippen LogP contribution is -2.06. The monoisotopic (exact) mass is 206 g/mol. The first kappa shape index (κ1) is 8.89. The maximum Gasteiger partial charge on any atom is 0.165 e. The summed E-state index contributed by atoms with van der Waals surface area (Å²) in [6.07, 6.45) is 1.94. The van der Waals surface area contributed by atoms with E-state index in [0.29, 0.717) is 5.75 Å². The Hall–Kier alpha value is -1.38. The zero-order chi connectivity index (χ0) is 10.6. The van der Waals surface area contributed by atoms with Crippen molar-refractivity contribution in [3.63, 3.8) is 0 Å². The van der Waals surface area contributed by atoms with Crippen molar-refractivity contribution < 1.29 is 14.6 Å². The number of phenolic OH excluding ortho intramolecular Hbond substituents is 1. The van der Waals surface area contributed by atoms with Gasteiger partial charge in [-0.1, -0.05) is 0 Å². The molecule has 0 aliphatic carbocycles. The fraction of sp³-hybridized carbons (Fsp3) is 0.500. The Kier molecular flexibility index (Phi) is 1.67. The van der Waals surface area contributed by atoms with E-state index in [4.69, 9.17) is 9.47 Å². The largest absolute Gasteiger partial charge is 0.504 e. The average Bonchev–Trinajstić information content (AvgIpc) is 2.69. The van der Waals surface area contributed by atoms with Crippen molar-refractivity contribution in [3.8, 4) is 17.2 Å². The van der Waals surface area contributed by atoms with Crippen LogP contribution in [0, 0.1) is 0 Å². The quantitative estimate of drug-likeness (QED) is 0.706. The van der Waals surface area contributed by atoms with Crippen LogP contribution < -0.4 is 9.47 Å². The van der Waals surface area contributed by atoms with Crippen molar-refractivity contribution in [3.05, 3.63) is 17.2 Å². The van der Waals surface area contributed by atoms with Gasteiger partial charge in [0, 0.05) is 24.0 Å². The van der Waals surface area contributed by atoms with Gasteiger partial charge in [0.05, 0.1) is 0 Å². The number of ether oxygens (including phenoxy) is 2. The van der Waals surface area contributed by atoms with Crippen LogP contribution in [-0.2, 0) is 12.8 Å². The molecule has 1 aromatic carbocycles. The number of hydrogen-bond donors (Lipinski definition) is 1. The molecule has 0 saturated heterocycles. The van der Waals surface area contributed by atoms with Crippen LogP contribution in [0.25, 0.3) is 0 Å². The van der Waals surface area contributed by atoms with Crippen molar-refractivity contribution in [1.82, 2.24) is 0 Å². The number of benzene rings is 1. The number of phenols is 1. The molecule has 3 heteroatoms. The fourth-order valence-corrected chi connectivity index (χ4v) is 2.40. The zero-order valence-corrected chi connectivity index (χ0v) is 8.91. The van der Waals surface area contributed by atoms with E-state index < -0.39 is 0 Å². The second-order valence-electron chi connectivity index (χ2n) is 4.46. The molecule has 0 amide bonds. The number of rotatable bonds is 0. The molecule has 2 aliphatic rings. The maximum atomic E-state index is 10.1. The van der Waals surface area contributed by atoms with Crippen molar-refractivity contribution in [2.24, 2.45) is 0 Å². The van der Waals surface area contributed by atoms with Gasteiger partial charge in [-0.2, -0.15) is 0 Å². The van der Waals surface area contributed by atoms with E-state index in [1.807, 2.05) is 19.9 Å². The first-order valence-corrected chi connectivity index (χ1v) is 5.36. The van der Waals surface area contributed by atoms with Crippen LogP contribution in [0.15, 0.2) is 6.07 Å². The summed E-state index contributed by atoms with van der Waals surface area (Å²) in [4.78, 5) is 0. The van der Waals surface area contributed by atoms with E-state index in [9.17, 15) is 5.11 Å². The molecule has 1 aromatic rings. The first-order valence-electron chi connectivity index (χ1n) is 5.36. The van der Waals surface area contributed by atoms with Crippen LogP contribution in [0.4, 0.5) is 0 Å². The van der Waals surface area contributed by atoms with Gasteiger partial charge in [0.2, 0.25) is 0 Å². The van der Waals surface area contributed by atoms with Gasteiger partial charge in [-0.3, -0.25) is 0 Å². The SMILES string of the molecule is CC1Cc2c(cc3c(c2O)OC(C)C3)O1. The summed E-state index contributed by atoms with van der Waals surface area (Å²) in [5.74, 6) is 1.78. The molecule has 3 rings (SSSR count). The molecule has 0 aromatic heterocycles. The highest BCUT2D eigenvalue weighted by Gasteiger charge is 2.31. The Bertz CT molecular complexity index is 389. The molecule has 0 radical (unpaired) electrons. The van der Waals surface area contributed by atoms with Gasteiger partial charge in [-0.25, -0.2) is 0 Å². The number of aromatic hydroxyl groups is 1. The molecule has 3 nitrogen and oxygen atoms in total. The fourth-order valence-electron chi connectivity index (χ4n) is 2.40. The summed E-state index contributed by atoms with van der Waals surface area (Å²) in [5, 5.41) is 10.1. The normalized spacial score (nSPS) is 26.8. The summed E-state index contributed by atoms with van der Waals surface area (Å²) < 4.78 is 11.2. The molecule has 0 saturated carbocycles. The summed E-state index contributed by atoms with van der Waals surface area (Å²) in [5.41, 5.74) is 1.96. The molecular weight excluding hydrogens is 192 g/mol. The van der Waals surface area contributed by atoms with Crippen LogP contribution in [-0.4, -0.2) is 17.3 Å². The predicted octanol–water partition coefficient (Wildman–Crippen LogP) is 2.04. The lowest BCUT2D eigenvalue weighted by Gasteiger charge is -2.07. The Labute approximate surface area is 88.6 Å². The average molecular weight is 206 g/mol. The molecular formula is C12H14O3. The molecule has 2 atom stereocenters. The van der Waals surface area contributed by atoms with E-state index in [-0.39, 0.29) is 18.0 Å². The van der Waals surface area contributed by atoms with Crippen LogP contribution in [0.2, 0.25) is 0 Å². The highest BCUT2D eigenvalue weighted by molar-refractivity contribution is 5.60. The Balaban J connectivity index is 2.14. The molecule has 0 bridgehead atoms. The Morgan fingerprint density at radius 2 is 1.93 bits per heavy atom. The molecule has 15 heavy (non-hydrogen) atoms. The van der Waals surface area contributed by atoms with Crippen molar-refractivity contribution in [2.45, 2.75) is 38.9 Å². The minimum atomic E-state index is 0.158. The Morgan fingerprint density at radius 3 is 2.73 bits per heavy atom. The maximum absolute atomic E-state index is 10.1. The van der Waals surface area contributed by atoms with E-state index in [1.165, 1.54) is 0 Å². The first-order chi connectivity index (χ1) is 7.15. The van der Waals surface area contributed by atoms with Crippen molar-refractivity contribution >= 4 is 0 Å². The van der Waals surface area contributed by atoms with Gasteiger partial charge >= 0.3 is 0 Å². The minimum absolute atomic E-state index is 0.158. The third kappa shape index (κ3) is 1.19. The molecule has 0 spiro atoms. The van der Waals surface area contributed by atoms with E-state index in [0.717, 1.165) is 29.7 Å². The molecule has 2 unspecified atom stereocenters. The molecule has 0 fully saturated rings. The highest BCUT2D eigenvalue weighted by Crippen LogP contribution is 2.47. The summed E-state index contributed by atoms with van der Waals surface area (Å²) in [6.45, 7) is 4.02. The lowest BCUT2D eigenvalue weighted by molar-refractivity contribution is 0.244. The standard InChI is InChI=1S/C12H14O3/c1-6-3-8-5-10-9(4-7(2)14-10)11(13)12(8)15-6/h5-7,13H,3-4H2,1-2H3. The molecule has 2 aliphatic heterocycles. The van der Waals surface area contributed by atoms with Gasteiger partial charge in [0.25, 0.3) is 0 Å². The minimum Gasteiger partial charge on any atom is -0.504 e. The second kappa shape index (κ2) is 2.81. The van der Waals surface area contributed by atoms with Gasteiger partial charge in [0.1, 0.15) is 18.0 Å². The third-order valence-electron chi connectivity index (χ3n) is 3.04. The van der Waals surface area contributed by atoms with E-state index in [2.05, 4.69) is 0 Å². The predicted molar refractivity (Wildman–Crippen MR) is 55.7 cm³/mol. The van der Waals surface area contributed by atoms with Crippen LogP contribution in [0.1, 0.15) is 25.0 Å². The van der Waals surface area contributed by atoms with Crippen molar-refractivity contribution in [2.75, 3.05) is 0 Å². The van der Waals surface area contributed by atoms with Gasteiger partial charge in [0.15, 0.2) is 11.5 Å². The summed E-state index contributed by atoms with van der Waals surface area (Å²) in [6, 6.07) is 2.01. The zero-order valence-electron chi connectivity index (χ0n) is 8.91.